The van der Waals surface area contributed by atoms with E-state index in [1.165, 1.54) is 12.8 Å². The summed E-state index contributed by atoms with van der Waals surface area (Å²) in [5.41, 5.74) is 1.84. The Balaban J connectivity index is 1.39. The Bertz CT molecular complexity index is 1120. The van der Waals surface area contributed by atoms with Crippen LogP contribution in [-0.2, 0) is 22.6 Å². The zero-order chi connectivity index (χ0) is 26.0. The average Bonchev–Trinajstić information content (AvgIpc) is 3.45. The summed E-state index contributed by atoms with van der Waals surface area (Å²) < 4.78 is 6.11. The van der Waals surface area contributed by atoms with Crippen molar-refractivity contribution in [1.29, 1.82) is 0 Å². The standard InChI is InChI=1S/C29H36Cl2N3O3/c1-34(29(36)37-20-21-8-3-2-4-9-21)17-16-33(27(35)19-22-12-13-23(30)24(31)18-22)28-25(10-7-11-26(28)34)32-14-5-6-15-32/h2-4,8-9,12-13,18,25-26,28H,5-7,10-11,14-17,19-20H2,1H3/q+1. The van der Waals surface area contributed by atoms with Gasteiger partial charge in [0.05, 0.1) is 36.1 Å². The first kappa shape index (κ1) is 26.5. The fraction of sp³-hybridized carbons (Fsp3) is 0.517. The van der Waals surface area contributed by atoms with Gasteiger partial charge in [-0.1, -0.05) is 59.6 Å². The third kappa shape index (κ3) is 5.53. The number of quaternary nitrogens is 1. The second-order valence-corrected chi connectivity index (χ2v) is 11.7. The molecule has 2 saturated heterocycles. The van der Waals surface area contributed by atoms with Gasteiger partial charge >= 0.3 is 6.09 Å². The van der Waals surface area contributed by atoms with Crippen LogP contribution < -0.4 is 0 Å². The van der Waals surface area contributed by atoms with Gasteiger partial charge in [-0.25, -0.2) is 4.48 Å². The summed E-state index contributed by atoms with van der Waals surface area (Å²) in [5, 5.41) is 0.945. The Morgan fingerprint density at radius 3 is 2.43 bits per heavy atom. The van der Waals surface area contributed by atoms with Crippen molar-refractivity contribution >= 4 is 35.2 Å². The lowest BCUT2D eigenvalue weighted by Gasteiger charge is -2.55. The van der Waals surface area contributed by atoms with Crippen molar-refractivity contribution in [2.45, 2.75) is 63.3 Å². The molecule has 3 fully saturated rings. The average molecular weight is 546 g/mol. The van der Waals surface area contributed by atoms with E-state index in [4.69, 9.17) is 27.9 Å². The quantitative estimate of drug-likeness (QED) is 0.463. The molecule has 198 valence electrons. The highest BCUT2D eigenvalue weighted by molar-refractivity contribution is 6.42. The largest absolute Gasteiger partial charge is 0.516 e. The summed E-state index contributed by atoms with van der Waals surface area (Å²) in [5.74, 6) is 0.0865. The number of rotatable bonds is 5. The fourth-order valence-electron chi connectivity index (χ4n) is 6.58. The molecule has 3 aliphatic rings. The first-order chi connectivity index (χ1) is 17.9. The number of hydrogen-bond donors (Lipinski definition) is 0. The van der Waals surface area contributed by atoms with Gasteiger partial charge in [0.1, 0.15) is 19.2 Å². The van der Waals surface area contributed by atoms with Crippen LogP contribution in [-0.4, -0.2) is 77.6 Å². The van der Waals surface area contributed by atoms with Crippen molar-refractivity contribution in [3.05, 3.63) is 69.7 Å². The van der Waals surface area contributed by atoms with Crippen LogP contribution in [0.25, 0.3) is 0 Å². The number of carbonyl (C=O) groups excluding carboxylic acids is 2. The van der Waals surface area contributed by atoms with Gasteiger partial charge in [0.2, 0.25) is 5.91 Å². The SMILES string of the molecule is C[N+]1(C(=O)OCc2ccccc2)CCN(C(=O)Cc2ccc(Cl)c(Cl)c2)C2C(N3CCCC3)CCCC21. The molecule has 5 rings (SSSR count). The Morgan fingerprint density at radius 1 is 0.946 bits per heavy atom. The monoisotopic (exact) mass is 544 g/mol. The number of likely N-dealkylation sites (tertiary alicyclic amines) is 1. The number of likely N-dealkylation sites (N-methyl/N-ethyl adjacent to an activating group) is 1. The predicted octanol–water partition coefficient (Wildman–Crippen LogP) is 5.55. The van der Waals surface area contributed by atoms with Crippen LogP contribution in [0, 0.1) is 0 Å². The molecule has 2 aromatic carbocycles. The molecular formula is C29H36Cl2N3O3+. The summed E-state index contributed by atoms with van der Waals surface area (Å²) in [7, 11) is 2.01. The van der Waals surface area contributed by atoms with Gasteiger partial charge in [-0.15, -0.1) is 0 Å². The molecule has 4 atom stereocenters. The molecule has 2 aliphatic heterocycles. The molecule has 1 saturated carbocycles. The van der Waals surface area contributed by atoms with Gasteiger partial charge < -0.3 is 9.64 Å². The van der Waals surface area contributed by atoms with Crippen LogP contribution >= 0.6 is 23.2 Å². The third-order valence-corrected chi connectivity index (χ3v) is 9.32. The second-order valence-electron chi connectivity index (χ2n) is 10.8. The minimum Gasteiger partial charge on any atom is -0.415 e. The molecule has 2 aromatic rings. The number of nitrogens with zero attached hydrogens (tertiary/aromatic N) is 3. The van der Waals surface area contributed by atoms with Crippen LogP contribution in [0.1, 0.15) is 43.2 Å². The van der Waals surface area contributed by atoms with Crippen LogP contribution in [0.15, 0.2) is 48.5 Å². The Kier molecular flexibility index (Phi) is 8.10. The van der Waals surface area contributed by atoms with Gasteiger partial charge in [0.15, 0.2) is 0 Å². The Hall–Kier alpha value is -2.12. The first-order valence-electron chi connectivity index (χ1n) is 13.4. The van der Waals surface area contributed by atoms with Gasteiger partial charge in [-0.3, -0.25) is 9.69 Å². The van der Waals surface area contributed by atoms with Gasteiger partial charge in [0, 0.05) is 12.5 Å². The topological polar surface area (TPSA) is 49.9 Å². The highest BCUT2D eigenvalue weighted by atomic mass is 35.5. The number of amides is 2. The molecule has 1 aliphatic carbocycles. The Morgan fingerprint density at radius 2 is 1.70 bits per heavy atom. The number of fused-ring (bicyclic) bond motifs is 1. The van der Waals surface area contributed by atoms with Crippen molar-refractivity contribution in [1.82, 2.24) is 9.80 Å². The molecule has 0 radical (unpaired) electrons. The minimum atomic E-state index is -0.197. The van der Waals surface area contributed by atoms with Gasteiger partial charge in [-0.2, -0.15) is 4.79 Å². The third-order valence-electron chi connectivity index (χ3n) is 8.58. The molecule has 2 heterocycles. The molecule has 4 unspecified atom stereocenters. The molecule has 0 aromatic heterocycles. The van der Waals surface area contributed by atoms with E-state index >= 15 is 0 Å². The zero-order valence-corrected chi connectivity index (χ0v) is 23.0. The van der Waals surface area contributed by atoms with Crippen molar-refractivity contribution in [3.63, 3.8) is 0 Å². The second kappa shape index (κ2) is 11.3. The summed E-state index contributed by atoms with van der Waals surface area (Å²) in [6.45, 7) is 3.47. The van der Waals surface area contributed by atoms with Crippen LogP contribution in [0.5, 0.6) is 0 Å². The summed E-state index contributed by atoms with van der Waals surface area (Å²) in [4.78, 5) is 32.0. The normalized spacial score (nSPS) is 28.1. The van der Waals surface area contributed by atoms with E-state index in [9.17, 15) is 9.59 Å². The molecule has 6 nitrogen and oxygen atoms in total. The number of benzene rings is 2. The molecule has 0 bridgehead atoms. The van der Waals surface area contributed by atoms with Crippen molar-refractivity contribution < 1.29 is 18.8 Å². The molecule has 2 amide bonds. The number of piperazine rings is 1. The van der Waals surface area contributed by atoms with Crippen LogP contribution in [0.4, 0.5) is 4.79 Å². The maximum absolute atomic E-state index is 13.8. The lowest BCUT2D eigenvalue weighted by Crippen LogP contribution is -2.75. The van der Waals surface area contributed by atoms with Crippen molar-refractivity contribution in [2.75, 3.05) is 33.2 Å². The fourth-order valence-corrected chi connectivity index (χ4v) is 6.90. The zero-order valence-electron chi connectivity index (χ0n) is 21.5. The first-order valence-corrected chi connectivity index (χ1v) is 14.2. The van der Waals surface area contributed by atoms with E-state index in [1.807, 2.05) is 43.4 Å². The number of ether oxygens (including phenoxy) is 1. The molecule has 8 heteroatoms. The summed E-state index contributed by atoms with van der Waals surface area (Å²) in [6, 6.07) is 15.5. The predicted molar refractivity (Wildman–Crippen MR) is 146 cm³/mol. The van der Waals surface area contributed by atoms with Crippen LogP contribution in [0.2, 0.25) is 10.0 Å². The lowest BCUT2D eigenvalue weighted by atomic mass is 9.80. The number of halogens is 2. The highest BCUT2D eigenvalue weighted by Crippen LogP contribution is 2.39. The van der Waals surface area contributed by atoms with Gasteiger partial charge in [0.25, 0.3) is 0 Å². The lowest BCUT2D eigenvalue weighted by molar-refractivity contribution is -0.874. The Labute approximate surface area is 229 Å². The molecule has 0 N–H and O–H groups in total. The van der Waals surface area contributed by atoms with E-state index in [0.29, 0.717) is 23.1 Å². The van der Waals surface area contributed by atoms with Crippen molar-refractivity contribution in [2.24, 2.45) is 0 Å². The van der Waals surface area contributed by atoms with E-state index < -0.39 is 0 Å². The van der Waals surface area contributed by atoms with E-state index in [-0.39, 0.29) is 47.6 Å². The van der Waals surface area contributed by atoms with Gasteiger partial charge in [-0.05, 0) is 62.0 Å². The van der Waals surface area contributed by atoms with E-state index in [0.717, 1.165) is 43.5 Å². The maximum atomic E-state index is 13.8. The number of hydrogen-bond acceptors (Lipinski definition) is 4. The molecule has 0 spiro atoms. The van der Waals surface area contributed by atoms with E-state index in [2.05, 4.69) is 9.80 Å². The molecule has 37 heavy (non-hydrogen) atoms. The smallest absolute Gasteiger partial charge is 0.415 e. The maximum Gasteiger partial charge on any atom is 0.516 e. The summed E-state index contributed by atoms with van der Waals surface area (Å²) in [6.07, 6.45) is 5.47. The van der Waals surface area contributed by atoms with Crippen molar-refractivity contribution in [3.8, 4) is 0 Å². The molecular weight excluding hydrogens is 509 g/mol. The number of carbonyl (C=O) groups is 2. The highest BCUT2D eigenvalue weighted by Gasteiger charge is 2.57. The van der Waals surface area contributed by atoms with Crippen LogP contribution in [0.3, 0.4) is 0 Å². The summed E-state index contributed by atoms with van der Waals surface area (Å²) >= 11 is 12.3. The van der Waals surface area contributed by atoms with E-state index in [1.54, 1.807) is 12.1 Å². The minimum absolute atomic E-state index is 0.00845.